The van der Waals surface area contributed by atoms with E-state index in [1.165, 1.54) is 0 Å². The lowest BCUT2D eigenvalue weighted by Crippen LogP contribution is -2.53. The minimum Gasteiger partial charge on any atom is -0.382 e. The predicted molar refractivity (Wildman–Crippen MR) is 71.1 cm³/mol. The highest BCUT2D eigenvalue weighted by atomic mass is 16.5. The van der Waals surface area contributed by atoms with Crippen LogP contribution in [0.1, 0.15) is 25.6 Å². The molecule has 1 atom stereocenters. The maximum atomic E-state index is 5.97. The largest absolute Gasteiger partial charge is 0.382 e. The molecule has 0 radical (unpaired) electrons. The molecule has 2 rings (SSSR count). The monoisotopic (exact) mass is 285 g/mol. The molecule has 0 aliphatic carbocycles. The summed E-state index contributed by atoms with van der Waals surface area (Å²) in [4.78, 5) is 6.55. The number of morpholine rings is 1. The Balaban J connectivity index is 1.96. The lowest BCUT2D eigenvalue weighted by molar-refractivity contribution is -0.154. The fourth-order valence-electron chi connectivity index (χ4n) is 2.55. The van der Waals surface area contributed by atoms with E-state index >= 15 is 0 Å². The van der Waals surface area contributed by atoms with E-state index in [1.807, 2.05) is 0 Å². The second kappa shape index (κ2) is 6.62. The number of aromatic nitrogens is 2. The van der Waals surface area contributed by atoms with Gasteiger partial charge in [-0.3, -0.25) is 4.90 Å². The van der Waals surface area contributed by atoms with Crippen LogP contribution in [0.15, 0.2) is 4.52 Å². The van der Waals surface area contributed by atoms with Crippen LogP contribution in [0.5, 0.6) is 0 Å². The average molecular weight is 285 g/mol. The summed E-state index contributed by atoms with van der Waals surface area (Å²) in [6, 6.07) is 0. The Morgan fingerprint density at radius 1 is 1.35 bits per heavy atom. The third kappa shape index (κ3) is 4.24. The van der Waals surface area contributed by atoms with Crippen molar-refractivity contribution in [1.29, 1.82) is 0 Å². The molecule has 0 aromatic carbocycles. The highest BCUT2D eigenvalue weighted by molar-refractivity contribution is 4.90. The van der Waals surface area contributed by atoms with Crippen molar-refractivity contribution in [1.82, 2.24) is 15.0 Å². The van der Waals surface area contributed by atoms with Gasteiger partial charge in [-0.1, -0.05) is 5.16 Å². The van der Waals surface area contributed by atoms with Crippen LogP contribution in [-0.4, -0.2) is 60.7 Å². The van der Waals surface area contributed by atoms with Gasteiger partial charge in [-0.25, -0.2) is 0 Å². The molecule has 1 aromatic heterocycles. The number of ether oxygens (including phenoxy) is 3. The summed E-state index contributed by atoms with van der Waals surface area (Å²) in [5.41, 5.74) is -0.208. The Bertz CT molecular complexity index is 422. The fourth-order valence-corrected chi connectivity index (χ4v) is 2.55. The molecule has 1 aliphatic heterocycles. The smallest absolute Gasteiger partial charge is 0.252 e. The molecule has 1 aromatic rings. The van der Waals surface area contributed by atoms with Crippen molar-refractivity contribution in [2.75, 3.05) is 33.9 Å². The number of nitrogens with zero attached hydrogens (tertiary/aromatic N) is 3. The Morgan fingerprint density at radius 2 is 2.15 bits per heavy atom. The summed E-state index contributed by atoms with van der Waals surface area (Å²) < 4.78 is 21.2. The van der Waals surface area contributed by atoms with Crippen molar-refractivity contribution >= 4 is 0 Å². The van der Waals surface area contributed by atoms with Crippen LogP contribution in [-0.2, 0) is 27.4 Å². The van der Waals surface area contributed by atoms with Gasteiger partial charge in [-0.05, 0) is 13.8 Å². The van der Waals surface area contributed by atoms with E-state index in [0.717, 1.165) is 13.1 Å². The topological polar surface area (TPSA) is 69.9 Å². The highest BCUT2D eigenvalue weighted by Gasteiger charge is 2.33. The Morgan fingerprint density at radius 3 is 2.85 bits per heavy atom. The number of methoxy groups -OCH3 is 2. The van der Waals surface area contributed by atoms with Crippen molar-refractivity contribution in [3.63, 3.8) is 0 Å². The molecule has 1 fully saturated rings. The zero-order valence-corrected chi connectivity index (χ0v) is 12.6. The molecule has 1 saturated heterocycles. The van der Waals surface area contributed by atoms with Crippen LogP contribution in [0.4, 0.5) is 0 Å². The van der Waals surface area contributed by atoms with Gasteiger partial charge in [-0.15, -0.1) is 0 Å². The summed E-state index contributed by atoms with van der Waals surface area (Å²) in [7, 11) is 3.29. The molecule has 7 nitrogen and oxygen atoms in total. The number of rotatable bonds is 6. The van der Waals surface area contributed by atoms with Crippen LogP contribution < -0.4 is 0 Å². The van der Waals surface area contributed by atoms with E-state index in [0.29, 0.717) is 31.5 Å². The summed E-state index contributed by atoms with van der Waals surface area (Å²) >= 11 is 0. The molecule has 20 heavy (non-hydrogen) atoms. The SMILES string of the molecule is COCc1nc(CN2C[C@H](COC)OC(C)(C)C2)no1. The van der Waals surface area contributed by atoms with Gasteiger partial charge in [0.15, 0.2) is 5.82 Å². The van der Waals surface area contributed by atoms with Crippen molar-refractivity contribution in [2.45, 2.75) is 38.7 Å². The van der Waals surface area contributed by atoms with Gasteiger partial charge in [-0.2, -0.15) is 4.98 Å². The van der Waals surface area contributed by atoms with Crippen LogP contribution in [0.2, 0.25) is 0 Å². The van der Waals surface area contributed by atoms with Gasteiger partial charge in [0.2, 0.25) is 0 Å². The summed E-state index contributed by atoms with van der Waals surface area (Å²) in [5, 5.41) is 3.97. The fraction of sp³-hybridized carbons (Fsp3) is 0.846. The van der Waals surface area contributed by atoms with Crippen LogP contribution in [0.25, 0.3) is 0 Å². The molecule has 0 amide bonds. The molecular weight excluding hydrogens is 262 g/mol. The summed E-state index contributed by atoms with van der Waals surface area (Å²) in [6.45, 7) is 7.34. The van der Waals surface area contributed by atoms with Gasteiger partial charge in [0.05, 0.1) is 24.9 Å². The summed E-state index contributed by atoms with van der Waals surface area (Å²) in [5.74, 6) is 1.18. The molecule has 1 aliphatic rings. The predicted octanol–water partition coefficient (Wildman–Crippen LogP) is 0.842. The molecule has 0 bridgehead atoms. The molecule has 7 heteroatoms. The van der Waals surface area contributed by atoms with Crippen LogP contribution in [0, 0.1) is 0 Å². The van der Waals surface area contributed by atoms with Gasteiger partial charge >= 0.3 is 0 Å². The first-order valence-electron chi connectivity index (χ1n) is 6.72. The number of hydrogen-bond donors (Lipinski definition) is 0. The minimum absolute atomic E-state index is 0.0640. The maximum absolute atomic E-state index is 5.97. The number of hydrogen-bond acceptors (Lipinski definition) is 7. The zero-order valence-electron chi connectivity index (χ0n) is 12.6. The van der Waals surface area contributed by atoms with Gasteiger partial charge in [0, 0.05) is 27.3 Å². The van der Waals surface area contributed by atoms with Crippen molar-refractivity contribution in [2.24, 2.45) is 0 Å². The summed E-state index contributed by atoms with van der Waals surface area (Å²) in [6.07, 6.45) is 0.0640. The van der Waals surface area contributed by atoms with Crippen molar-refractivity contribution in [3.05, 3.63) is 11.7 Å². The molecule has 0 unspecified atom stereocenters. The third-order valence-electron chi connectivity index (χ3n) is 3.05. The third-order valence-corrected chi connectivity index (χ3v) is 3.05. The molecular formula is C13H23N3O4. The van der Waals surface area contributed by atoms with Gasteiger partial charge < -0.3 is 18.7 Å². The van der Waals surface area contributed by atoms with Gasteiger partial charge in [0.1, 0.15) is 6.61 Å². The van der Waals surface area contributed by atoms with E-state index in [2.05, 4.69) is 28.9 Å². The molecule has 0 spiro atoms. The molecule has 2 heterocycles. The minimum atomic E-state index is -0.208. The second-order valence-corrected chi connectivity index (χ2v) is 5.66. The first-order chi connectivity index (χ1) is 9.52. The van der Waals surface area contributed by atoms with Gasteiger partial charge in [0.25, 0.3) is 5.89 Å². The van der Waals surface area contributed by atoms with Crippen LogP contribution >= 0.6 is 0 Å². The van der Waals surface area contributed by atoms with E-state index in [-0.39, 0.29) is 11.7 Å². The Kier molecular flexibility index (Phi) is 5.09. The first-order valence-corrected chi connectivity index (χ1v) is 6.72. The van der Waals surface area contributed by atoms with Crippen molar-refractivity contribution in [3.8, 4) is 0 Å². The standard InChI is InChI=1S/C13H23N3O4/c1-13(2)9-16(5-10(19-13)7-17-3)6-11-14-12(8-18-4)20-15-11/h10H,5-9H2,1-4H3/t10-/m1/s1. The normalized spacial score (nSPS) is 23.1. The molecule has 0 saturated carbocycles. The zero-order chi connectivity index (χ0) is 14.6. The van der Waals surface area contributed by atoms with E-state index in [9.17, 15) is 0 Å². The highest BCUT2D eigenvalue weighted by Crippen LogP contribution is 2.22. The van der Waals surface area contributed by atoms with E-state index < -0.39 is 0 Å². The Labute approximate surface area is 119 Å². The maximum Gasteiger partial charge on any atom is 0.252 e. The van der Waals surface area contributed by atoms with Crippen molar-refractivity contribution < 1.29 is 18.7 Å². The van der Waals surface area contributed by atoms with E-state index in [4.69, 9.17) is 18.7 Å². The first kappa shape index (κ1) is 15.4. The molecule has 114 valence electrons. The lowest BCUT2D eigenvalue weighted by Gasteiger charge is -2.42. The van der Waals surface area contributed by atoms with Crippen LogP contribution in [0.3, 0.4) is 0 Å². The average Bonchev–Trinajstić information content (AvgIpc) is 2.75. The Hall–Kier alpha value is -1.02. The molecule has 0 N–H and O–H groups in total. The van der Waals surface area contributed by atoms with E-state index in [1.54, 1.807) is 14.2 Å². The second-order valence-electron chi connectivity index (χ2n) is 5.66. The quantitative estimate of drug-likeness (QED) is 0.767. The lowest BCUT2D eigenvalue weighted by atomic mass is 10.1.